The van der Waals surface area contributed by atoms with Crippen molar-refractivity contribution in [3.05, 3.63) is 57.7 Å². The molecule has 198 valence electrons. The number of hydrogen-bond acceptors (Lipinski definition) is 9. The van der Waals surface area contributed by atoms with Crippen LogP contribution >= 0.6 is 20.0 Å². The molecule has 0 spiro atoms. The number of aromatic nitrogens is 2. The molecule has 2 heterocycles. The molecule has 0 saturated carbocycles. The molecule has 1 fully saturated rings. The van der Waals surface area contributed by atoms with Gasteiger partial charge < -0.3 is 19.1 Å². The lowest BCUT2D eigenvalue weighted by Crippen LogP contribution is -2.44. The fraction of sp³-hybridized carbons (Fsp3) is 0.500. The predicted molar refractivity (Wildman–Crippen MR) is 130 cm³/mol. The number of carbonyl (C=O) groups is 1. The molecule has 2 aromatic rings. The fourth-order valence-electron chi connectivity index (χ4n) is 3.47. The smallest absolute Gasteiger partial charge is 0.459 e. The summed E-state index contributed by atoms with van der Waals surface area (Å²) in [7, 11) is -4.29. The Morgan fingerprint density at radius 1 is 1.33 bits per heavy atom. The Hall–Kier alpha value is -2.41. The number of benzene rings is 1. The van der Waals surface area contributed by atoms with Crippen molar-refractivity contribution < 1.29 is 37.4 Å². The van der Waals surface area contributed by atoms with Gasteiger partial charge in [0.15, 0.2) is 12.4 Å². The van der Waals surface area contributed by atoms with E-state index in [1.165, 1.54) is 38.2 Å². The van der Waals surface area contributed by atoms with Gasteiger partial charge in [0, 0.05) is 6.20 Å². The second-order valence-electron chi connectivity index (χ2n) is 8.71. The summed E-state index contributed by atoms with van der Waals surface area (Å²) in [5, 5.41) is 13.3. The second-order valence-corrected chi connectivity index (χ2v) is 10.8. The number of rotatable bonds is 10. The summed E-state index contributed by atoms with van der Waals surface area (Å²) in [5.41, 5.74) is -2.85. The third-order valence-electron chi connectivity index (χ3n) is 5.23. The first kappa shape index (κ1) is 28.2. The van der Waals surface area contributed by atoms with Crippen molar-refractivity contribution in [2.45, 2.75) is 63.9 Å². The summed E-state index contributed by atoms with van der Waals surface area (Å²) in [5.74, 6) is -0.535. The molecule has 14 heteroatoms. The number of aliphatic hydroxyl groups is 1. The number of carbonyl (C=O) groups excluding carboxylic acids is 1. The lowest BCUT2D eigenvalue weighted by atomic mass is 9.98. The molecule has 36 heavy (non-hydrogen) atoms. The van der Waals surface area contributed by atoms with Gasteiger partial charge in [-0.2, -0.15) is 5.09 Å². The fourth-order valence-corrected chi connectivity index (χ4v) is 5.12. The van der Waals surface area contributed by atoms with E-state index in [9.17, 15) is 19.3 Å². The number of esters is 1. The Bertz CT molecular complexity index is 1220. The van der Waals surface area contributed by atoms with Gasteiger partial charge in [0.2, 0.25) is 0 Å². The topological polar surface area (TPSA) is 141 Å². The van der Waals surface area contributed by atoms with Gasteiger partial charge >= 0.3 is 19.4 Å². The molecule has 1 aliphatic heterocycles. The quantitative estimate of drug-likeness (QED) is 0.232. The van der Waals surface area contributed by atoms with E-state index in [1.807, 2.05) is 0 Å². The minimum absolute atomic E-state index is 0.153. The highest BCUT2D eigenvalue weighted by atomic mass is 32.1. The van der Waals surface area contributed by atoms with Crippen LogP contribution in [0.2, 0.25) is 0 Å². The predicted octanol–water partition coefficient (Wildman–Crippen LogP) is 3.03. The number of hydrogen-bond donors (Lipinski definition) is 3. The lowest BCUT2D eigenvalue weighted by Gasteiger charge is -2.26. The lowest BCUT2D eigenvalue weighted by molar-refractivity contribution is -0.149. The van der Waals surface area contributed by atoms with Crippen molar-refractivity contribution in [2.24, 2.45) is 0 Å². The van der Waals surface area contributed by atoms with Crippen LogP contribution in [0, 0.1) is 4.64 Å². The van der Waals surface area contributed by atoms with Crippen LogP contribution in [0.15, 0.2) is 47.4 Å². The normalized spacial score (nSPS) is 26.4. The van der Waals surface area contributed by atoms with Gasteiger partial charge in [0.05, 0.1) is 12.7 Å². The number of halogens is 1. The number of nitrogens with zero attached hydrogens (tertiary/aromatic N) is 1. The average Bonchev–Trinajstić information content (AvgIpc) is 3.01. The molecule has 1 saturated heterocycles. The van der Waals surface area contributed by atoms with Crippen molar-refractivity contribution in [1.82, 2.24) is 14.6 Å². The van der Waals surface area contributed by atoms with Crippen LogP contribution < -0.4 is 15.3 Å². The van der Waals surface area contributed by atoms with Gasteiger partial charge in [-0.25, -0.2) is 13.8 Å². The summed E-state index contributed by atoms with van der Waals surface area (Å²) in [6.07, 6.45) is -4.05. The Morgan fingerprint density at radius 3 is 2.61 bits per heavy atom. The van der Waals surface area contributed by atoms with Crippen LogP contribution in [0.5, 0.6) is 5.75 Å². The molecule has 0 amide bonds. The molecule has 11 nitrogen and oxygen atoms in total. The van der Waals surface area contributed by atoms with Crippen LogP contribution in [0.25, 0.3) is 0 Å². The summed E-state index contributed by atoms with van der Waals surface area (Å²) in [6.45, 7) is 5.25. The maximum atomic E-state index is 15.2. The van der Waals surface area contributed by atoms with Gasteiger partial charge in [-0.15, -0.1) is 0 Å². The third-order valence-corrected chi connectivity index (χ3v) is 7.11. The van der Waals surface area contributed by atoms with Crippen molar-refractivity contribution in [3.63, 3.8) is 0 Å². The third kappa shape index (κ3) is 6.67. The Kier molecular flexibility index (Phi) is 8.86. The molecule has 6 atom stereocenters. The van der Waals surface area contributed by atoms with Gasteiger partial charge in [-0.3, -0.25) is 18.9 Å². The number of nitrogens with one attached hydrogen (secondary N) is 2. The number of H-pyrrole nitrogens is 1. The number of para-hydroxylation sites is 1. The second kappa shape index (κ2) is 11.3. The largest absolute Gasteiger partial charge is 0.462 e. The molecule has 1 aromatic heterocycles. The highest BCUT2D eigenvalue weighted by molar-refractivity contribution is 7.71. The standard InChI is InChI=1S/C22H29FN3O8PS/c1-13(2)32-19(27)14(3)25-35(30,34-15-8-6-5-7-9-15)31-12-16-18(23)22(4,29)20(33-16)26-11-10-17(36)24-21(26)28/h5-11,13-14,16,18,20,29H,12H2,1-4H3,(H,25,30)(H,24,28,36)/t14-,16+,18-,20+,22?,35?/m0/s1. The molecule has 0 aliphatic carbocycles. The Balaban J connectivity index is 1.80. The minimum atomic E-state index is -4.29. The van der Waals surface area contributed by atoms with E-state index >= 15 is 4.39 Å². The molecule has 3 N–H and O–H groups in total. The molecule has 1 aromatic carbocycles. The molecule has 2 unspecified atom stereocenters. The van der Waals surface area contributed by atoms with Gasteiger partial charge in [0.25, 0.3) is 0 Å². The molecule has 0 radical (unpaired) electrons. The van der Waals surface area contributed by atoms with E-state index in [1.54, 1.807) is 32.0 Å². The highest BCUT2D eigenvalue weighted by Crippen LogP contribution is 2.47. The van der Waals surface area contributed by atoms with E-state index in [0.29, 0.717) is 0 Å². The minimum Gasteiger partial charge on any atom is -0.462 e. The average molecular weight is 546 g/mol. The van der Waals surface area contributed by atoms with Crippen LogP contribution in [-0.4, -0.2) is 57.3 Å². The Morgan fingerprint density at radius 2 is 2.00 bits per heavy atom. The SMILES string of the molecule is CC(C)OC(=O)[C@H](C)NP(=O)(OC[C@H]1O[C@@H](n2ccc(=S)[nH]c2=O)C(C)(O)[C@H]1F)Oc1ccccc1. The Labute approximate surface area is 212 Å². The van der Waals surface area contributed by atoms with E-state index in [0.717, 1.165) is 4.57 Å². The molecular weight excluding hydrogens is 516 g/mol. The van der Waals surface area contributed by atoms with Crippen molar-refractivity contribution in [2.75, 3.05) is 6.61 Å². The van der Waals surface area contributed by atoms with E-state index < -0.39 is 62.3 Å². The van der Waals surface area contributed by atoms with Crippen molar-refractivity contribution in [3.8, 4) is 5.75 Å². The molecular formula is C22H29FN3O8PS. The zero-order valence-electron chi connectivity index (χ0n) is 20.1. The van der Waals surface area contributed by atoms with E-state index in [-0.39, 0.29) is 10.4 Å². The number of ether oxygens (including phenoxy) is 2. The molecule has 1 aliphatic rings. The monoisotopic (exact) mass is 545 g/mol. The van der Waals surface area contributed by atoms with E-state index in [4.69, 9.17) is 30.7 Å². The first-order valence-corrected chi connectivity index (χ1v) is 13.1. The van der Waals surface area contributed by atoms with Crippen LogP contribution in [0.4, 0.5) is 4.39 Å². The highest BCUT2D eigenvalue weighted by Gasteiger charge is 2.55. The van der Waals surface area contributed by atoms with Crippen LogP contribution in [0.1, 0.15) is 33.9 Å². The molecule has 0 bridgehead atoms. The van der Waals surface area contributed by atoms with Crippen LogP contribution in [-0.2, 0) is 23.4 Å². The van der Waals surface area contributed by atoms with E-state index in [2.05, 4.69) is 10.1 Å². The summed E-state index contributed by atoms with van der Waals surface area (Å²) in [4.78, 5) is 26.9. The van der Waals surface area contributed by atoms with Gasteiger partial charge in [0.1, 0.15) is 28.1 Å². The summed E-state index contributed by atoms with van der Waals surface area (Å²) in [6, 6.07) is 8.31. The number of alkyl halides is 1. The maximum absolute atomic E-state index is 15.2. The van der Waals surface area contributed by atoms with Crippen molar-refractivity contribution in [1.29, 1.82) is 0 Å². The molecule has 3 rings (SSSR count). The summed E-state index contributed by atoms with van der Waals surface area (Å²) >= 11 is 4.90. The van der Waals surface area contributed by atoms with Gasteiger partial charge in [-0.05, 0) is 45.9 Å². The summed E-state index contributed by atoms with van der Waals surface area (Å²) < 4.78 is 51.6. The van der Waals surface area contributed by atoms with Crippen molar-refractivity contribution >= 4 is 25.9 Å². The zero-order valence-corrected chi connectivity index (χ0v) is 21.8. The first-order valence-electron chi connectivity index (χ1n) is 11.1. The maximum Gasteiger partial charge on any atom is 0.459 e. The van der Waals surface area contributed by atoms with Crippen LogP contribution in [0.3, 0.4) is 0 Å². The first-order chi connectivity index (χ1) is 16.8. The van der Waals surface area contributed by atoms with Gasteiger partial charge in [-0.1, -0.05) is 30.4 Å². The zero-order chi connectivity index (χ0) is 26.7. The number of aromatic amines is 1.